The van der Waals surface area contributed by atoms with E-state index in [0.717, 1.165) is 74.7 Å². The van der Waals surface area contributed by atoms with Crippen LogP contribution in [0.1, 0.15) is 48.6 Å². The van der Waals surface area contributed by atoms with Gasteiger partial charge in [-0.1, -0.05) is 48.2 Å². The molecule has 0 N–H and O–H groups in total. The van der Waals surface area contributed by atoms with Crippen LogP contribution < -0.4 is 0 Å². The van der Waals surface area contributed by atoms with Crippen molar-refractivity contribution in [2.24, 2.45) is 0 Å². The Morgan fingerprint density at radius 1 is 0.971 bits per heavy atom. The van der Waals surface area contributed by atoms with Crippen LogP contribution in [0, 0.1) is 11.6 Å². The van der Waals surface area contributed by atoms with Crippen molar-refractivity contribution in [2.75, 3.05) is 25.4 Å². The highest BCUT2D eigenvalue weighted by Gasteiger charge is 2.27. The van der Waals surface area contributed by atoms with Crippen molar-refractivity contribution in [1.29, 1.82) is 0 Å². The SMILES string of the molecule is Fc1ccc(CN2CCC(c3nnc(SC[C@@H]4CCCO4)n3Cc3ccccc3)CC2)c(F)c1. The molecule has 3 heterocycles. The maximum Gasteiger partial charge on any atom is 0.191 e. The van der Waals surface area contributed by atoms with Crippen LogP contribution in [0.3, 0.4) is 0 Å². The van der Waals surface area contributed by atoms with E-state index in [2.05, 4.69) is 43.9 Å². The number of nitrogens with zero attached hydrogens (tertiary/aromatic N) is 4. The number of ether oxygens (including phenoxy) is 1. The largest absolute Gasteiger partial charge is 0.377 e. The first-order valence-electron chi connectivity index (χ1n) is 12.0. The number of halogens is 2. The van der Waals surface area contributed by atoms with Gasteiger partial charge in [0.2, 0.25) is 0 Å². The van der Waals surface area contributed by atoms with Crippen molar-refractivity contribution < 1.29 is 13.5 Å². The summed E-state index contributed by atoms with van der Waals surface area (Å²) in [6.07, 6.45) is 4.41. The van der Waals surface area contributed by atoms with E-state index in [-0.39, 0.29) is 0 Å². The Kier molecular flexibility index (Phi) is 7.57. The molecule has 1 aromatic heterocycles. The van der Waals surface area contributed by atoms with E-state index in [9.17, 15) is 8.78 Å². The Balaban J connectivity index is 1.27. The highest BCUT2D eigenvalue weighted by molar-refractivity contribution is 7.99. The van der Waals surface area contributed by atoms with E-state index in [1.54, 1.807) is 17.8 Å². The minimum atomic E-state index is -0.536. The number of hydrogen-bond acceptors (Lipinski definition) is 5. The fourth-order valence-corrected chi connectivity index (χ4v) is 5.82. The van der Waals surface area contributed by atoms with Gasteiger partial charge in [0.15, 0.2) is 5.16 Å². The molecule has 0 radical (unpaired) electrons. The van der Waals surface area contributed by atoms with E-state index < -0.39 is 11.6 Å². The first-order valence-corrected chi connectivity index (χ1v) is 13.0. The quantitative estimate of drug-likeness (QED) is 0.408. The number of likely N-dealkylation sites (tertiary alicyclic amines) is 1. The second-order valence-corrected chi connectivity index (χ2v) is 10.1. The molecule has 0 saturated carbocycles. The Morgan fingerprint density at radius 2 is 1.79 bits per heavy atom. The zero-order valence-electron chi connectivity index (χ0n) is 19.2. The number of piperidine rings is 1. The fourth-order valence-electron chi connectivity index (χ4n) is 4.81. The second-order valence-electron chi connectivity index (χ2n) is 9.14. The zero-order chi connectivity index (χ0) is 23.3. The lowest BCUT2D eigenvalue weighted by atomic mass is 9.95. The highest BCUT2D eigenvalue weighted by atomic mass is 32.2. The van der Waals surface area contributed by atoms with Crippen LogP contribution in [0.4, 0.5) is 8.78 Å². The highest BCUT2D eigenvalue weighted by Crippen LogP contribution is 2.32. The lowest BCUT2D eigenvalue weighted by Crippen LogP contribution is -2.33. The minimum absolute atomic E-state index is 0.297. The fraction of sp³-hybridized carbons (Fsp3) is 0.462. The molecule has 5 rings (SSSR count). The van der Waals surface area contributed by atoms with E-state index in [1.165, 1.54) is 11.6 Å². The molecule has 2 aromatic carbocycles. The molecule has 0 spiro atoms. The molecule has 180 valence electrons. The third-order valence-corrected chi connectivity index (χ3v) is 7.81. The Labute approximate surface area is 203 Å². The summed E-state index contributed by atoms with van der Waals surface area (Å²) in [5.41, 5.74) is 1.77. The minimum Gasteiger partial charge on any atom is -0.377 e. The maximum absolute atomic E-state index is 14.1. The Hall–Kier alpha value is -2.29. The molecule has 0 amide bonds. The average Bonchev–Trinajstić information content (AvgIpc) is 3.51. The summed E-state index contributed by atoms with van der Waals surface area (Å²) in [5, 5.41) is 10.2. The van der Waals surface area contributed by atoms with Crippen LogP contribution in [-0.2, 0) is 17.8 Å². The summed E-state index contributed by atoms with van der Waals surface area (Å²) in [4.78, 5) is 2.23. The Morgan fingerprint density at radius 3 is 2.53 bits per heavy atom. The molecular weight excluding hydrogens is 454 g/mol. The van der Waals surface area contributed by atoms with Crippen LogP contribution in [0.5, 0.6) is 0 Å². The van der Waals surface area contributed by atoms with Crippen molar-refractivity contribution in [2.45, 2.75) is 56.0 Å². The van der Waals surface area contributed by atoms with Gasteiger partial charge in [-0.25, -0.2) is 8.78 Å². The van der Waals surface area contributed by atoms with Crippen molar-refractivity contribution >= 4 is 11.8 Å². The van der Waals surface area contributed by atoms with Gasteiger partial charge in [-0.2, -0.15) is 0 Å². The van der Waals surface area contributed by atoms with Crippen LogP contribution >= 0.6 is 11.8 Å². The molecule has 8 heteroatoms. The normalized spacial score (nSPS) is 19.6. The standard InChI is InChI=1S/C26H30F2N4OS/c27-22-9-8-21(24(28)15-22)17-31-12-10-20(11-13-31)25-29-30-26(34-18-23-7-4-14-33-23)32(25)16-19-5-2-1-3-6-19/h1-3,5-6,8-9,15,20,23H,4,7,10-14,16-18H2/t23-/m0/s1. The summed E-state index contributed by atoms with van der Waals surface area (Å²) in [7, 11) is 0. The van der Waals surface area contributed by atoms with E-state index in [0.29, 0.717) is 24.1 Å². The summed E-state index contributed by atoms with van der Waals surface area (Å²) in [6.45, 7) is 3.79. The van der Waals surface area contributed by atoms with Gasteiger partial charge in [0.05, 0.1) is 12.6 Å². The van der Waals surface area contributed by atoms with E-state index >= 15 is 0 Å². The molecule has 34 heavy (non-hydrogen) atoms. The smallest absolute Gasteiger partial charge is 0.191 e. The predicted molar refractivity (Wildman–Crippen MR) is 129 cm³/mol. The molecule has 0 aliphatic carbocycles. The third-order valence-electron chi connectivity index (χ3n) is 6.71. The molecule has 1 atom stereocenters. The molecule has 2 aliphatic heterocycles. The topological polar surface area (TPSA) is 43.2 Å². The number of aromatic nitrogens is 3. The van der Waals surface area contributed by atoms with E-state index in [1.807, 2.05) is 6.07 Å². The maximum atomic E-state index is 14.1. The first kappa shape index (κ1) is 23.5. The van der Waals surface area contributed by atoms with Crippen LogP contribution in [0.2, 0.25) is 0 Å². The van der Waals surface area contributed by atoms with Gasteiger partial charge in [0.1, 0.15) is 17.5 Å². The molecular formula is C26H30F2N4OS. The molecule has 2 saturated heterocycles. The van der Waals surface area contributed by atoms with Gasteiger partial charge < -0.3 is 9.30 Å². The predicted octanol–water partition coefficient (Wildman–Crippen LogP) is 5.26. The number of benzene rings is 2. The molecule has 0 unspecified atom stereocenters. The monoisotopic (exact) mass is 484 g/mol. The van der Waals surface area contributed by atoms with Crippen LogP contribution in [0.25, 0.3) is 0 Å². The van der Waals surface area contributed by atoms with Gasteiger partial charge in [-0.15, -0.1) is 10.2 Å². The lowest BCUT2D eigenvalue weighted by Gasteiger charge is -2.31. The van der Waals surface area contributed by atoms with Crippen molar-refractivity contribution in [1.82, 2.24) is 19.7 Å². The molecule has 0 bridgehead atoms. The molecule has 5 nitrogen and oxygen atoms in total. The molecule has 2 aliphatic rings. The van der Waals surface area contributed by atoms with Crippen molar-refractivity contribution in [3.63, 3.8) is 0 Å². The lowest BCUT2D eigenvalue weighted by molar-refractivity contribution is 0.129. The number of hydrogen-bond donors (Lipinski definition) is 0. The summed E-state index contributed by atoms with van der Waals surface area (Å²) >= 11 is 1.74. The van der Waals surface area contributed by atoms with Gasteiger partial charge in [0, 0.05) is 36.5 Å². The number of rotatable bonds is 8. The average molecular weight is 485 g/mol. The summed E-state index contributed by atoms with van der Waals surface area (Å²) in [5.74, 6) is 1.23. The molecule has 2 fully saturated rings. The Bertz CT molecular complexity index is 1080. The number of thioether (sulfide) groups is 1. The van der Waals surface area contributed by atoms with Crippen LogP contribution in [-0.4, -0.2) is 51.2 Å². The van der Waals surface area contributed by atoms with Gasteiger partial charge in [0.25, 0.3) is 0 Å². The van der Waals surface area contributed by atoms with Crippen molar-refractivity contribution in [3.8, 4) is 0 Å². The summed E-state index contributed by atoms with van der Waals surface area (Å²) < 4.78 is 35.4. The van der Waals surface area contributed by atoms with Crippen LogP contribution in [0.15, 0.2) is 53.7 Å². The molecule has 3 aromatic rings. The second kappa shape index (κ2) is 11.0. The summed E-state index contributed by atoms with van der Waals surface area (Å²) in [6, 6.07) is 14.3. The van der Waals surface area contributed by atoms with E-state index in [4.69, 9.17) is 4.74 Å². The van der Waals surface area contributed by atoms with Crippen molar-refractivity contribution in [3.05, 3.63) is 77.1 Å². The first-order chi connectivity index (χ1) is 16.7. The zero-order valence-corrected chi connectivity index (χ0v) is 20.0. The third kappa shape index (κ3) is 5.67. The van der Waals surface area contributed by atoms with Gasteiger partial charge in [-0.3, -0.25) is 4.90 Å². The van der Waals surface area contributed by atoms with Gasteiger partial charge >= 0.3 is 0 Å². The van der Waals surface area contributed by atoms with Gasteiger partial charge in [-0.05, 0) is 50.4 Å².